The molecule has 2 atom stereocenters. The van der Waals surface area contributed by atoms with Gasteiger partial charge in [0, 0.05) is 6.04 Å². The minimum absolute atomic E-state index is 0.105. The molecule has 1 aromatic rings. The van der Waals surface area contributed by atoms with Crippen LogP contribution < -0.4 is 10.6 Å². The van der Waals surface area contributed by atoms with Crippen LogP contribution in [0, 0.1) is 5.92 Å². The van der Waals surface area contributed by atoms with Gasteiger partial charge in [0.1, 0.15) is 6.04 Å². The molecule has 0 radical (unpaired) electrons. The molecule has 5 nitrogen and oxygen atoms in total. The van der Waals surface area contributed by atoms with Gasteiger partial charge in [0.05, 0.1) is 0 Å². The summed E-state index contributed by atoms with van der Waals surface area (Å²) in [6.45, 7) is 1.96. The van der Waals surface area contributed by atoms with E-state index in [-0.39, 0.29) is 6.04 Å². The average Bonchev–Trinajstić information content (AvgIpc) is 3.28. The highest BCUT2D eigenvalue weighted by molar-refractivity contribution is 5.82. The number of aliphatic carboxylic acids is 1. The molecule has 1 aliphatic carbocycles. The number of rotatable bonds is 7. The average molecular weight is 290 g/mol. The number of hydrogen-bond donors (Lipinski definition) is 3. The monoisotopic (exact) mass is 290 g/mol. The van der Waals surface area contributed by atoms with Gasteiger partial charge in [-0.1, -0.05) is 30.3 Å². The van der Waals surface area contributed by atoms with Crippen LogP contribution in [-0.2, 0) is 11.2 Å². The molecular formula is C16H22N2O3. The van der Waals surface area contributed by atoms with E-state index in [0.29, 0.717) is 18.8 Å². The lowest BCUT2D eigenvalue weighted by Crippen LogP contribution is -2.49. The number of carbonyl (C=O) groups excluding carboxylic acids is 1. The van der Waals surface area contributed by atoms with E-state index >= 15 is 0 Å². The number of carboxylic acid groups (broad SMARTS) is 1. The van der Waals surface area contributed by atoms with Crippen molar-refractivity contribution < 1.29 is 14.7 Å². The van der Waals surface area contributed by atoms with Crippen molar-refractivity contribution in [2.75, 3.05) is 0 Å². The van der Waals surface area contributed by atoms with Crippen LogP contribution in [0.1, 0.15) is 31.7 Å². The second kappa shape index (κ2) is 7.11. The van der Waals surface area contributed by atoms with Crippen LogP contribution in [-0.4, -0.2) is 29.2 Å². The van der Waals surface area contributed by atoms with Gasteiger partial charge >= 0.3 is 12.0 Å². The molecule has 21 heavy (non-hydrogen) atoms. The number of hydrogen-bond acceptors (Lipinski definition) is 2. The number of carbonyl (C=O) groups is 2. The first-order valence-corrected chi connectivity index (χ1v) is 7.40. The van der Waals surface area contributed by atoms with Gasteiger partial charge in [0.15, 0.2) is 0 Å². The van der Waals surface area contributed by atoms with Crippen LogP contribution in [0.15, 0.2) is 30.3 Å². The van der Waals surface area contributed by atoms with E-state index in [4.69, 9.17) is 0 Å². The molecule has 3 N–H and O–H groups in total. The van der Waals surface area contributed by atoms with E-state index in [1.54, 1.807) is 0 Å². The first kappa shape index (κ1) is 15.4. The van der Waals surface area contributed by atoms with Crippen LogP contribution >= 0.6 is 0 Å². The third kappa shape index (κ3) is 5.10. The molecule has 2 amide bonds. The zero-order valence-corrected chi connectivity index (χ0v) is 12.2. The highest BCUT2D eigenvalue weighted by Crippen LogP contribution is 2.32. The Labute approximate surface area is 124 Å². The van der Waals surface area contributed by atoms with E-state index < -0.39 is 18.0 Å². The summed E-state index contributed by atoms with van der Waals surface area (Å²) in [5.41, 5.74) is 1.07. The van der Waals surface area contributed by atoms with Crippen LogP contribution in [0.4, 0.5) is 4.79 Å². The third-order valence-electron chi connectivity index (χ3n) is 3.86. The lowest BCUT2D eigenvalue weighted by Gasteiger charge is -2.18. The van der Waals surface area contributed by atoms with E-state index in [0.717, 1.165) is 18.4 Å². The largest absolute Gasteiger partial charge is 0.480 e. The molecule has 0 bridgehead atoms. The van der Waals surface area contributed by atoms with Crippen molar-refractivity contribution in [3.8, 4) is 0 Å². The number of carboxylic acids is 1. The second-order valence-electron chi connectivity index (χ2n) is 5.66. The fourth-order valence-electron chi connectivity index (χ4n) is 2.33. The summed E-state index contributed by atoms with van der Waals surface area (Å²) >= 11 is 0. The molecule has 0 saturated heterocycles. The molecule has 2 rings (SSSR count). The van der Waals surface area contributed by atoms with E-state index in [9.17, 15) is 14.7 Å². The molecule has 0 heterocycles. The second-order valence-corrected chi connectivity index (χ2v) is 5.66. The molecule has 114 valence electrons. The van der Waals surface area contributed by atoms with Gasteiger partial charge in [0.2, 0.25) is 0 Å². The van der Waals surface area contributed by atoms with Gasteiger partial charge in [0.25, 0.3) is 0 Å². The third-order valence-corrected chi connectivity index (χ3v) is 3.86. The minimum atomic E-state index is -1.000. The predicted molar refractivity (Wildman–Crippen MR) is 80.0 cm³/mol. The molecule has 1 saturated carbocycles. The minimum Gasteiger partial charge on any atom is -0.480 e. The van der Waals surface area contributed by atoms with Gasteiger partial charge in [-0.25, -0.2) is 9.59 Å². The summed E-state index contributed by atoms with van der Waals surface area (Å²) in [7, 11) is 0. The smallest absolute Gasteiger partial charge is 0.326 e. The summed E-state index contributed by atoms with van der Waals surface area (Å²) in [5.74, 6) is -0.455. The first-order valence-electron chi connectivity index (χ1n) is 7.40. The van der Waals surface area contributed by atoms with Crippen LogP contribution in [0.5, 0.6) is 0 Å². The molecule has 1 aliphatic rings. The number of aryl methyl sites for hydroxylation is 1. The Balaban J connectivity index is 1.80. The first-order chi connectivity index (χ1) is 10.1. The Morgan fingerprint density at radius 2 is 1.90 bits per heavy atom. The van der Waals surface area contributed by atoms with E-state index in [1.807, 2.05) is 37.3 Å². The number of benzene rings is 1. The van der Waals surface area contributed by atoms with Crippen molar-refractivity contribution in [1.82, 2.24) is 10.6 Å². The maximum atomic E-state index is 11.8. The van der Waals surface area contributed by atoms with E-state index in [2.05, 4.69) is 10.6 Å². The molecule has 0 aliphatic heterocycles. The van der Waals surface area contributed by atoms with Crippen molar-refractivity contribution in [2.24, 2.45) is 5.92 Å². The fraction of sp³-hybridized carbons (Fsp3) is 0.500. The molecule has 0 spiro atoms. The summed E-state index contributed by atoms with van der Waals surface area (Å²) in [5, 5.41) is 14.6. The zero-order valence-electron chi connectivity index (χ0n) is 12.2. The highest BCUT2D eigenvalue weighted by Gasteiger charge is 2.29. The van der Waals surface area contributed by atoms with Crippen molar-refractivity contribution in [1.29, 1.82) is 0 Å². The fourth-order valence-corrected chi connectivity index (χ4v) is 2.33. The van der Waals surface area contributed by atoms with Crippen LogP contribution in [0.2, 0.25) is 0 Å². The lowest BCUT2D eigenvalue weighted by molar-refractivity contribution is -0.139. The maximum Gasteiger partial charge on any atom is 0.326 e. The lowest BCUT2D eigenvalue weighted by atomic mass is 10.1. The molecule has 5 heteroatoms. The van der Waals surface area contributed by atoms with Gasteiger partial charge < -0.3 is 15.7 Å². The maximum absolute atomic E-state index is 11.8. The zero-order chi connectivity index (χ0) is 15.2. The molecule has 1 unspecified atom stereocenters. The Morgan fingerprint density at radius 3 is 2.48 bits per heavy atom. The molecule has 1 fully saturated rings. The van der Waals surface area contributed by atoms with Crippen LogP contribution in [0.25, 0.3) is 0 Å². The highest BCUT2D eigenvalue weighted by atomic mass is 16.4. The summed E-state index contributed by atoms with van der Waals surface area (Å²) in [6, 6.07) is 8.51. The Hall–Kier alpha value is -2.04. The quantitative estimate of drug-likeness (QED) is 0.720. The summed E-state index contributed by atoms with van der Waals surface area (Å²) < 4.78 is 0. The normalized spacial score (nSPS) is 16.8. The number of urea groups is 1. The predicted octanol–water partition coefficient (Wildman–Crippen LogP) is 2.17. The van der Waals surface area contributed by atoms with Gasteiger partial charge in [-0.2, -0.15) is 0 Å². The Morgan fingerprint density at radius 1 is 1.24 bits per heavy atom. The van der Waals surface area contributed by atoms with Crippen LogP contribution in [0.3, 0.4) is 0 Å². The number of amides is 2. The number of nitrogens with one attached hydrogen (secondary N) is 2. The van der Waals surface area contributed by atoms with Crippen molar-refractivity contribution in [3.63, 3.8) is 0 Å². The summed E-state index contributed by atoms with van der Waals surface area (Å²) in [6.07, 6.45) is 3.27. The van der Waals surface area contributed by atoms with Gasteiger partial charge in [-0.05, 0) is 44.1 Å². The van der Waals surface area contributed by atoms with Crippen molar-refractivity contribution >= 4 is 12.0 Å². The summed E-state index contributed by atoms with van der Waals surface area (Å²) in [4.78, 5) is 23.1. The standard InChI is InChI=1S/C16H22N2O3/c1-11(13-8-9-13)17-16(21)18-14(15(19)20)10-7-12-5-3-2-4-6-12/h2-6,11,13-14H,7-10H2,1H3,(H,19,20)(H2,17,18,21)/t11?,14-/m0/s1. The van der Waals surface area contributed by atoms with E-state index in [1.165, 1.54) is 0 Å². The topological polar surface area (TPSA) is 78.4 Å². The van der Waals surface area contributed by atoms with Gasteiger partial charge in [-0.15, -0.1) is 0 Å². The van der Waals surface area contributed by atoms with Crippen molar-refractivity contribution in [3.05, 3.63) is 35.9 Å². The molecule has 1 aromatic carbocycles. The Bertz CT molecular complexity index is 486. The SMILES string of the molecule is CC(NC(=O)N[C@@H](CCc1ccccc1)C(=O)O)C1CC1. The van der Waals surface area contributed by atoms with Gasteiger partial charge in [-0.3, -0.25) is 0 Å². The molecule has 0 aromatic heterocycles. The Kier molecular flexibility index (Phi) is 5.20. The molecular weight excluding hydrogens is 268 g/mol. The van der Waals surface area contributed by atoms with Crippen molar-refractivity contribution in [2.45, 2.75) is 44.7 Å².